The molecular weight excluding hydrogens is 815 g/mol. The van der Waals surface area contributed by atoms with E-state index in [-0.39, 0.29) is 0 Å². The Bertz CT molecular complexity index is 1930. The van der Waals surface area contributed by atoms with Crippen molar-refractivity contribution in [1.82, 2.24) is 0 Å². The first-order valence-electron chi connectivity index (χ1n) is 20.9. The van der Waals surface area contributed by atoms with Gasteiger partial charge in [0.15, 0.2) is 0 Å². The van der Waals surface area contributed by atoms with E-state index in [1.54, 1.807) is 0 Å². The second kappa shape index (κ2) is 23.4. The van der Waals surface area contributed by atoms with Crippen LogP contribution >= 0.6 is 17.0 Å². The van der Waals surface area contributed by atoms with Gasteiger partial charge in [-0.2, -0.15) is 12.1 Å². The normalized spacial score (nSPS) is 12.2. The quantitative estimate of drug-likeness (QED) is 0.0950. The molecule has 0 nitrogen and oxygen atoms in total. The van der Waals surface area contributed by atoms with Crippen LogP contribution in [0.2, 0.25) is 13.1 Å². The second-order valence-electron chi connectivity index (χ2n) is 16.6. The van der Waals surface area contributed by atoms with Crippen molar-refractivity contribution in [3.05, 3.63) is 130 Å². The van der Waals surface area contributed by atoms with Gasteiger partial charge in [0.25, 0.3) is 0 Å². The van der Waals surface area contributed by atoms with Crippen LogP contribution in [0.5, 0.6) is 0 Å². The van der Waals surface area contributed by atoms with Gasteiger partial charge in [0.1, 0.15) is 0 Å². The van der Waals surface area contributed by atoms with Crippen LogP contribution in [0.25, 0.3) is 43.8 Å². The van der Waals surface area contributed by atoms with Crippen LogP contribution in [-0.2, 0) is 20.8 Å². The Balaban J connectivity index is 0.000000264. The standard InChI is InChI=1S/2C25H31.C2H6Si.2ClH.Zr/c2*1-7-18(6)20-14-19-12-13-22(17(4)5)25(24(19)15-20)23-11-9-8-10-21(23)16(2)3;1-3-2;;;/h2*8-18H,7H2,1-6H3;1-2H3;2*1H;/q2*-1;;;;+4/p-2. The van der Waals surface area contributed by atoms with E-state index in [0.717, 1.165) is 9.52 Å². The molecule has 6 aromatic rings. The van der Waals surface area contributed by atoms with Crippen molar-refractivity contribution < 1.29 is 20.8 Å². The molecule has 6 aromatic carbocycles. The number of hydrogen-bond donors (Lipinski definition) is 0. The fourth-order valence-electron chi connectivity index (χ4n) is 7.70. The summed E-state index contributed by atoms with van der Waals surface area (Å²) >= 11 is -0.826. The molecule has 0 aliphatic rings. The van der Waals surface area contributed by atoms with Gasteiger partial charge in [-0.05, 0) is 57.8 Å². The van der Waals surface area contributed by atoms with E-state index >= 15 is 0 Å². The van der Waals surface area contributed by atoms with Crippen LogP contribution in [0, 0.1) is 0 Å². The molecule has 0 amide bonds. The van der Waals surface area contributed by atoms with Gasteiger partial charge in [0, 0.05) is 9.52 Å². The third-order valence-electron chi connectivity index (χ3n) is 11.2. The molecule has 6 rings (SSSR count). The predicted octanol–water partition coefficient (Wildman–Crippen LogP) is 18.1. The first-order chi connectivity index (χ1) is 26.7. The van der Waals surface area contributed by atoms with Gasteiger partial charge >= 0.3 is 37.9 Å². The summed E-state index contributed by atoms with van der Waals surface area (Å²) in [5.41, 5.74) is 14.5. The third kappa shape index (κ3) is 11.9. The van der Waals surface area contributed by atoms with Crippen LogP contribution < -0.4 is 0 Å². The van der Waals surface area contributed by atoms with Crippen molar-refractivity contribution in [3.8, 4) is 22.3 Å². The summed E-state index contributed by atoms with van der Waals surface area (Å²) in [6.45, 7) is 31.9. The second-order valence-corrected chi connectivity index (χ2v) is 21.4. The molecule has 0 saturated carbocycles. The summed E-state index contributed by atoms with van der Waals surface area (Å²) in [5.74, 6) is 3.31. The number of rotatable bonds is 10. The molecular formula is C52H68Cl2SiZr. The average Bonchev–Trinajstić information content (AvgIpc) is 3.82. The molecule has 0 aromatic heterocycles. The first-order valence-corrected chi connectivity index (χ1v) is 29.2. The van der Waals surface area contributed by atoms with Gasteiger partial charge in [0.2, 0.25) is 0 Å². The minimum absolute atomic E-state index is 0.515. The van der Waals surface area contributed by atoms with Crippen LogP contribution in [0.3, 0.4) is 0 Å². The molecule has 0 N–H and O–H groups in total. The number of benzene rings is 4. The van der Waals surface area contributed by atoms with Crippen molar-refractivity contribution in [1.29, 1.82) is 0 Å². The molecule has 298 valence electrons. The van der Waals surface area contributed by atoms with E-state index in [1.165, 1.54) is 90.0 Å². The molecule has 0 heterocycles. The Morgan fingerprint density at radius 3 is 1.09 bits per heavy atom. The third-order valence-corrected chi connectivity index (χ3v) is 11.2. The molecule has 0 aliphatic heterocycles. The Morgan fingerprint density at radius 2 is 0.804 bits per heavy atom. The van der Waals surface area contributed by atoms with Gasteiger partial charge < -0.3 is 0 Å². The maximum absolute atomic E-state index is 4.93. The molecule has 2 atom stereocenters. The Labute approximate surface area is 363 Å². The Morgan fingerprint density at radius 1 is 0.500 bits per heavy atom. The minimum atomic E-state index is -0.826. The van der Waals surface area contributed by atoms with E-state index < -0.39 is 20.8 Å². The summed E-state index contributed by atoms with van der Waals surface area (Å²) in [5, 5.41) is 5.62. The summed E-state index contributed by atoms with van der Waals surface area (Å²) in [7, 11) is 11.0. The van der Waals surface area contributed by atoms with Gasteiger partial charge in [-0.15, -0.1) is 69.1 Å². The molecule has 56 heavy (non-hydrogen) atoms. The van der Waals surface area contributed by atoms with E-state index in [4.69, 9.17) is 17.0 Å². The zero-order valence-corrected chi connectivity index (χ0v) is 41.8. The van der Waals surface area contributed by atoms with Crippen molar-refractivity contribution in [2.45, 2.75) is 145 Å². The zero-order valence-electron chi connectivity index (χ0n) is 36.9. The fourth-order valence-corrected chi connectivity index (χ4v) is 7.70. The van der Waals surface area contributed by atoms with Gasteiger partial charge in [-0.25, -0.2) is 0 Å². The van der Waals surface area contributed by atoms with Gasteiger partial charge in [-0.3, -0.25) is 0 Å². The van der Waals surface area contributed by atoms with Crippen molar-refractivity contribution >= 4 is 48.1 Å². The maximum atomic E-state index is 4.93. The Kier molecular flexibility index (Phi) is 20.1. The number of hydrogen-bond acceptors (Lipinski definition) is 0. The summed E-state index contributed by atoms with van der Waals surface area (Å²) in [6, 6.07) is 36.9. The predicted molar refractivity (Wildman–Crippen MR) is 253 cm³/mol. The fraction of sp³-hybridized carbons (Fsp3) is 0.423. The number of fused-ring (bicyclic) bond motifs is 2. The van der Waals surface area contributed by atoms with Crippen LogP contribution in [0.1, 0.15) is 165 Å². The Hall–Kier alpha value is -2.22. The van der Waals surface area contributed by atoms with E-state index in [9.17, 15) is 0 Å². The van der Waals surface area contributed by atoms with Crippen molar-refractivity contribution in [2.24, 2.45) is 0 Å². The zero-order chi connectivity index (χ0) is 41.7. The van der Waals surface area contributed by atoms with Gasteiger partial charge in [-0.1, -0.05) is 180 Å². The summed E-state index contributed by atoms with van der Waals surface area (Å²) in [4.78, 5) is 0. The van der Waals surface area contributed by atoms with Crippen LogP contribution in [0.4, 0.5) is 0 Å². The molecule has 0 spiro atoms. The summed E-state index contributed by atoms with van der Waals surface area (Å²) < 4.78 is 0. The average molecular weight is 883 g/mol. The SMILES string of the molecule is CCC(C)c1cc2c(-c3ccccc3C(C)C)c(C(C)C)ccc2[cH-]1.CCC(C)c1cc2c(-c3ccccc3C(C)C)c(C(C)C)ccc2[cH-]1.C[Si]C.[Cl][Zr+2][Cl]. The molecule has 0 saturated heterocycles. The molecule has 0 bridgehead atoms. The van der Waals surface area contributed by atoms with E-state index in [2.05, 4.69) is 193 Å². The van der Waals surface area contributed by atoms with E-state index in [0.29, 0.717) is 35.5 Å². The van der Waals surface area contributed by atoms with Crippen molar-refractivity contribution in [3.63, 3.8) is 0 Å². The summed E-state index contributed by atoms with van der Waals surface area (Å²) in [6.07, 6.45) is 2.37. The topological polar surface area (TPSA) is 0 Å². The molecule has 2 radical (unpaired) electrons. The van der Waals surface area contributed by atoms with Gasteiger partial charge in [0.05, 0.1) is 0 Å². The molecule has 2 unspecified atom stereocenters. The van der Waals surface area contributed by atoms with Crippen LogP contribution in [0.15, 0.2) is 97.1 Å². The first kappa shape index (κ1) is 48.2. The monoisotopic (exact) mass is 880 g/mol. The number of halogens is 2. The molecule has 0 aliphatic carbocycles. The van der Waals surface area contributed by atoms with E-state index in [1.807, 2.05) is 0 Å². The molecule has 0 fully saturated rings. The van der Waals surface area contributed by atoms with Crippen molar-refractivity contribution in [2.75, 3.05) is 0 Å². The molecule has 4 heteroatoms. The van der Waals surface area contributed by atoms with Crippen LogP contribution in [-0.4, -0.2) is 9.52 Å².